The van der Waals surface area contributed by atoms with Crippen LogP contribution in [0.5, 0.6) is 0 Å². The summed E-state index contributed by atoms with van der Waals surface area (Å²) in [6.07, 6.45) is 37.2. The highest BCUT2D eigenvalue weighted by Crippen LogP contribution is 2.50. The van der Waals surface area contributed by atoms with E-state index < -0.39 is 20.3 Å². The van der Waals surface area contributed by atoms with Crippen LogP contribution in [0.4, 0.5) is 0 Å². The number of hydrogen-bond acceptors (Lipinski definition) is 5. The number of aliphatic hydroxyl groups excluding tert-OH is 4. The molecule has 0 fully saturated rings. The Morgan fingerprint density at radius 2 is 0.615 bits per heavy atom. The monoisotopic (exact) mass is 759 g/mol. The number of hydrogen-bond donors (Lipinski definition) is 4. The minimum Gasteiger partial charge on any atom is -0.396 e. The van der Waals surface area contributed by atoms with Gasteiger partial charge in [-0.05, 0) is 63.2 Å². The molecule has 5 nitrogen and oxygen atoms in total. The van der Waals surface area contributed by atoms with Crippen molar-refractivity contribution in [2.45, 2.75) is 255 Å². The maximum absolute atomic E-state index is 16.1. The number of aliphatic hydroxyl groups is 4. The average Bonchev–Trinajstić information content (AvgIpc) is 3.14. The summed E-state index contributed by atoms with van der Waals surface area (Å²) in [5, 5.41) is 42.5. The van der Waals surface area contributed by atoms with E-state index in [1.807, 2.05) is 0 Å². The molecule has 0 bridgehead atoms. The first-order valence-corrected chi connectivity index (χ1v) is 24.4. The van der Waals surface area contributed by atoms with Gasteiger partial charge in [-0.25, -0.2) is 0 Å². The van der Waals surface area contributed by atoms with Crippen LogP contribution in [-0.4, -0.2) is 60.6 Å². The van der Waals surface area contributed by atoms with Crippen molar-refractivity contribution in [3.05, 3.63) is 0 Å². The fourth-order valence-electron chi connectivity index (χ4n) is 9.28. The maximum Gasteiger partial charge on any atom is 0.0515 e. The van der Waals surface area contributed by atoms with Gasteiger partial charge in [0.25, 0.3) is 0 Å². The third-order valence-electron chi connectivity index (χ3n) is 12.5. The van der Waals surface area contributed by atoms with Crippen molar-refractivity contribution in [2.24, 2.45) is 11.8 Å². The van der Waals surface area contributed by atoms with Crippen LogP contribution in [0.15, 0.2) is 0 Å². The highest BCUT2D eigenvalue weighted by atomic mass is 32.2. The van der Waals surface area contributed by atoms with Crippen molar-refractivity contribution in [3.63, 3.8) is 0 Å². The Kier molecular flexibility index (Phi) is 36.6. The van der Waals surface area contributed by atoms with Crippen molar-refractivity contribution in [1.82, 2.24) is 0 Å². The van der Waals surface area contributed by atoms with E-state index in [1.54, 1.807) is 0 Å². The topological polar surface area (TPSA) is 98.0 Å². The molecule has 0 aliphatic heterocycles. The SMILES string of the molecule is CCCCCCCCCCCCC(CCO)(C(CCO)CCCCC)S(=O)C(CCO)(CCCCCCCCCCCC)C(CCO)CCCCC. The Morgan fingerprint density at radius 3 is 0.885 bits per heavy atom. The summed E-state index contributed by atoms with van der Waals surface area (Å²) in [6, 6.07) is 0. The molecule has 0 saturated heterocycles. The third-order valence-corrected chi connectivity index (χ3v) is 15.4. The van der Waals surface area contributed by atoms with Crippen molar-refractivity contribution in [1.29, 1.82) is 0 Å². The van der Waals surface area contributed by atoms with Crippen LogP contribution in [0.3, 0.4) is 0 Å². The van der Waals surface area contributed by atoms with Crippen LogP contribution in [0.25, 0.3) is 0 Å². The van der Waals surface area contributed by atoms with E-state index in [4.69, 9.17) is 0 Å². The van der Waals surface area contributed by atoms with Gasteiger partial charge in [-0.15, -0.1) is 0 Å². The average molecular weight is 759 g/mol. The quantitative estimate of drug-likeness (QED) is 0.0465. The molecule has 4 atom stereocenters. The van der Waals surface area contributed by atoms with Gasteiger partial charge in [0, 0.05) is 37.2 Å². The molecule has 6 heteroatoms. The van der Waals surface area contributed by atoms with Crippen molar-refractivity contribution >= 4 is 10.8 Å². The summed E-state index contributed by atoms with van der Waals surface area (Å²) in [7, 11) is -1.36. The summed E-state index contributed by atoms with van der Waals surface area (Å²) in [6.45, 7) is 9.10. The standard InChI is InChI=1S/C46H94O5S/c1-5-9-13-15-17-19-21-23-25-29-35-45(37-41-49,43(33-39-47)31-27-11-7-3)52(51)46(38-42-50,44(34-40-48)32-28-12-8-4)36-30-26-24-22-20-18-16-14-10-6-2/h43-44,47-50H,5-42H2,1-4H3. The Hall–Kier alpha value is -0.0100. The van der Waals surface area contributed by atoms with Crippen LogP contribution >= 0.6 is 0 Å². The van der Waals surface area contributed by atoms with Crippen LogP contribution in [-0.2, 0) is 10.8 Å². The van der Waals surface area contributed by atoms with E-state index in [-0.39, 0.29) is 38.3 Å². The molecule has 0 rings (SSSR count). The Balaban J connectivity index is 6.50. The lowest BCUT2D eigenvalue weighted by Crippen LogP contribution is -2.56. The van der Waals surface area contributed by atoms with Crippen LogP contribution < -0.4 is 0 Å². The first-order valence-electron chi connectivity index (χ1n) is 23.3. The summed E-state index contributed by atoms with van der Waals surface area (Å²) in [4.78, 5) is 0. The number of unbranched alkanes of at least 4 members (excludes halogenated alkanes) is 22. The summed E-state index contributed by atoms with van der Waals surface area (Å²) >= 11 is 0. The van der Waals surface area contributed by atoms with Gasteiger partial charge >= 0.3 is 0 Å². The van der Waals surface area contributed by atoms with Crippen LogP contribution in [0.2, 0.25) is 0 Å². The molecule has 0 aromatic heterocycles. The van der Waals surface area contributed by atoms with Gasteiger partial charge in [-0.2, -0.15) is 0 Å². The van der Waals surface area contributed by atoms with Crippen molar-refractivity contribution in [3.8, 4) is 0 Å². The van der Waals surface area contributed by atoms with Crippen LogP contribution in [0, 0.1) is 11.8 Å². The molecule has 314 valence electrons. The largest absolute Gasteiger partial charge is 0.396 e. The molecule has 0 aliphatic rings. The molecule has 52 heavy (non-hydrogen) atoms. The predicted molar refractivity (Wildman–Crippen MR) is 229 cm³/mol. The first-order chi connectivity index (χ1) is 25.4. The zero-order chi connectivity index (χ0) is 38.6. The molecular weight excluding hydrogens is 665 g/mol. The smallest absolute Gasteiger partial charge is 0.0515 e. The minimum absolute atomic E-state index is 0.00678. The van der Waals surface area contributed by atoms with Gasteiger partial charge < -0.3 is 20.4 Å². The molecule has 0 aliphatic carbocycles. The summed E-state index contributed by atoms with van der Waals surface area (Å²) < 4.78 is 14.8. The summed E-state index contributed by atoms with van der Waals surface area (Å²) in [5.41, 5.74) is 0. The normalized spacial score (nSPS) is 16.1. The Morgan fingerprint density at radius 1 is 0.346 bits per heavy atom. The molecule has 0 heterocycles. The maximum atomic E-state index is 16.1. The minimum atomic E-state index is -1.36. The van der Waals surface area contributed by atoms with E-state index in [0.717, 1.165) is 89.9 Å². The second kappa shape index (κ2) is 36.6. The van der Waals surface area contributed by atoms with E-state index in [9.17, 15) is 20.4 Å². The molecule has 0 spiro atoms. The van der Waals surface area contributed by atoms with Gasteiger partial charge in [0.2, 0.25) is 0 Å². The van der Waals surface area contributed by atoms with E-state index in [2.05, 4.69) is 27.7 Å². The highest BCUT2D eigenvalue weighted by Gasteiger charge is 2.53. The first kappa shape index (κ1) is 52.0. The van der Waals surface area contributed by atoms with Crippen molar-refractivity contribution in [2.75, 3.05) is 26.4 Å². The van der Waals surface area contributed by atoms with Gasteiger partial charge in [0.15, 0.2) is 0 Å². The zero-order valence-corrected chi connectivity index (χ0v) is 36.4. The predicted octanol–water partition coefficient (Wildman–Crippen LogP) is 12.8. The second-order valence-corrected chi connectivity index (χ2v) is 18.8. The number of rotatable bonds is 42. The Bertz CT molecular complexity index is 705. The molecular formula is C46H94O5S. The fourth-order valence-corrected chi connectivity index (χ4v) is 12.4. The molecule has 0 aromatic rings. The second-order valence-electron chi connectivity index (χ2n) is 16.6. The lowest BCUT2D eigenvalue weighted by molar-refractivity contribution is 0.162. The fraction of sp³-hybridized carbons (Fsp3) is 1.00. The van der Waals surface area contributed by atoms with Gasteiger partial charge in [-0.1, -0.05) is 195 Å². The molecule has 0 amide bonds. The molecule has 4 unspecified atom stereocenters. The van der Waals surface area contributed by atoms with Crippen LogP contribution in [0.1, 0.15) is 246 Å². The molecule has 0 radical (unpaired) electrons. The summed E-state index contributed by atoms with van der Waals surface area (Å²) in [5.74, 6) is 0.124. The molecule has 0 aromatic carbocycles. The van der Waals surface area contributed by atoms with Gasteiger partial charge in [0.05, 0.1) is 9.49 Å². The molecule has 4 N–H and O–H groups in total. The lowest BCUT2D eigenvalue weighted by Gasteiger charge is -2.50. The Labute approximate surface area is 328 Å². The van der Waals surface area contributed by atoms with E-state index in [1.165, 1.54) is 103 Å². The van der Waals surface area contributed by atoms with Gasteiger partial charge in [0.1, 0.15) is 0 Å². The van der Waals surface area contributed by atoms with E-state index in [0.29, 0.717) is 25.7 Å². The van der Waals surface area contributed by atoms with E-state index >= 15 is 4.21 Å². The molecule has 0 saturated carbocycles. The highest BCUT2D eigenvalue weighted by molar-refractivity contribution is 7.88. The van der Waals surface area contributed by atoms with Gasteiger partial charge in [-0.3, -0.25) is 4.21 Å². The zero-order valence-electron chi connectivity index (χ0n) is 35.6. The van der Waals surface area contributed by atoms with Crippen molar-refractivity contribution < 1.29 is 24.6 Å². The third kappa shape index (κ3) is 21.9. The lowest BCUT2D eigenvalue weighted by atomic mass is 9.78.